The van der Waals surface area contributed by atoms with Crippen LogP contribution < -0.4 is 10.2 Å². The van der Waals surface area contributed by atoms with Gasteiger partial charge in [-0.2, -0.15) is 0 Å². The van der Waals surface area contributed by atoms with Crippen LogP contribution in [0.5, 0.6) is 0 Å². The fraction of sp³-hybridized carbons (Fsp3) is 0.158. The van der Waals surface area contributed by atoms with Crippen molar-refractivity contribution >= 4 is 40.6 Å². The van der Waals surface area contributed by atoms with E-state index in [0.29, 0.717) is 15.7 Å². The highest BCUT2D eigenvalue weighted by atomic mass is 35.5. The molecule has 1 heterocycles. The molecule has 0 fully saturated rings. The van der Waals surface area contributed by atoms with Gasteiger partial charge >= 0.3 is 5.97 Å². The van der Waals surface area contributed by atoms with Gasteiger partial charge in [0.25, 0.3) is 0 Å². The Morgan fingerprint density at radius 1 is 1.16 bits per heavy atom. The van der Waals surface area contributed by atoms with E-state index in [4.69, 9.17) is 28.6 Å². The second kappa shape index (κ2) is 7.25. The molecule has 0 amide bonds. The zero-order valence-corrected chi connectivity index (χ0v) is 15.4. The number of methoxy groups -OCH3 is 1. The summed E-state index contributed by atoms with van der Waals surface area (Å²) in [6, 6.07) is 16.6. The summed E-state index contributed by atoms with van der Waals surface area (Å²) in [6.07, 6.45) is 0. The minimum atomic E-state index is -0.395. The Kier molecular flexibility index (Phi) is 5.06. The van der Waals surface area contributed by atoms with Crippen LogP contribution in [0.15, 0.2) is 65.9 Å². The van der Waals surface area contributed by atoms with Gasteiger partial charge in [0.05, 0.1) is 18.7 Å². The molecule has 0 aliphatic carbocycles. The number of hydrogen-bond donors (Lipinski definition) is 1. The van der Waals surface area contributed by atoms with Crippen LogP contribution in [0.2, 0.25) is 5.02 Å². The average molecular weight is 373 g/mol. The van der Waals surface area contributed by atoms with E-state index >= 15 is 0 Å². The van der Waals surface area contributed by atoms with Gasteiger partial charge in [0, 0.05) is 16.4 Å². The van der Waals surface area contributed by atoms with Crippen molar-refractivity contribution in [2.45, 2.75) is 13.0 Å². The Morgan fingerprint density at radius 2 is 1.80 bits per heavy atom. The molecule has 0 unspecified atom stereocenters. The first-order valence-electron chi connectivity index (χ1n) is 7.73. The molecular weight excluding hydrogens is 356 g/mol. The van der Waals surface area contributed by atoms with Crippen LogP contribution in [0.3, 0.4) is 0 Å². The number of nitrogens with zero attached hydrogens (tertiary/aromatic N) is 1. The highest BCUT2D eigenvalue weighted by Gasteiger charge is 2.35. The molecule has 0 radical (unpaired) electrons. The molecule has 0 saturated heterocycles. The molecule has 1 atom stereocenters. The fourth-order valence-corrected chi connectivity index (χ4v) is 3.40. The summed E-state index contributed by atoms with van der Waals surface area (Å²) >= 11 is 11.5. The van der Waals surface area contributed by atoms with Crippen molar-refractivity contribution < 1.29 is 9.53 Å². The minimum absolute atomic E-state index is 0.392. The summed E-state index contributed by atoms with van der Waals surface area (Å²) in [5.74, 6) is -0.395. The molecule has 2 aromatic rings. The largest absolute Gasteiger partial charge is 0.466 e. The SMILES string of the molecule is COC(=O)C1=C(C)N(c2ccccc2)C(=S)N[C@H]1c1ccc(Cl)cc1. The lowest BCUT2D eigenvalue weighted by atomic mass is 9.95. The van der Waals surface area contributed by atoms with Crippen molar-refractivity contribution in [3.63, 3.8) is 0 Å². The summed E-state index contributed by atoms with van der Waals surface area (Å²) in [5.41, 5.74) is 3.02. The maximum atomic E-state index is 12.5. The average Bonchev–Trinajstić information content (AvgIpc) is 2.62. The molecule has 3 rings (SSSR count). The van der Waals surface area contributed by atoms with E-state index in [2.05, 4.69) is 5.32 Å². The van der Waals surface area contributed by atoms with E-state index in [1.807, 2.05) is 54.3 Å². The van der Waals surface area contributed by atoms with Crippen molar-refractivity contribution in [2.75, 3.05) is 12.0 Å². The number of allylic oxidation sites excluding steroid dienone is 1. The number of carbonyl (C=O) groups excluding carboxylic acids is 1. The topological polar surface area (TPSA) is 41.6 Å². The zero-order chi connectivity index (χ0) is 18.0. The number of carbonyl (C=O) groups is 1. The minimum Gasteiger partial charge on any atom is -0.466 e. The second-order valence-corrected chi connectivity index (χ2v) is 6.42. The quantitative estimate of drug-likeness (QED) is 0.645. The van der Waals surface area contributed by atoms with Gasteiger partial charge in [0.15, 0.2) is 5.11 Å². The van der Waals surface area contributed by atoms with Gasteiger partial charge in [-0.05, 0) is 49.0 Å². The normalized spacial score (nSPS) is 17.3. The van der Waals surface area contributed by atoms with E-state index in [1.54, 1.807) is 12.1 Å². The van der Waals surface area contributed by atoms with E-state index in [1.165, 1.54) is 7.11 Å². The Balaban J connectivity index is 2.12. The second-order valence-electron chi connectivity index (χ2n) is 5.60. The van der Waals surface area contributed by atoms with Crippen LogP contribution in [-0.4, -0.2) is 18.2 Å². The third-order valence-corrected chi connectivity index (χ3v) is 4.66. The first-order valence-corrected chi connectivity index (χ1v) is 8.51. The smallest absolute Gasteiger partial charge is 0.337 e. The molecule has 2 aromatic carbocycles. The van der Waals surface area contributed by atoms with Crippen molar-refractivity contribution in [2.24, 2.45) is 0 Å². The number of hydrogen-bond acceptors (Lipinski definition) is 3. The molecule has 0 bridgehead atoms. The first kappa shape index (κ1) is 17.5. The lowest BCUT2D eigenvalue weighted by Gasteiger charge is -2.37. The van der Waals surface area contributed by atoms with Crippen LogP contribution in [0.25, 0.3) is 0 Å². The van der Waals surface area contributed by atoms with Gasteiger partial charge < -0.3 is 10.1 Å². The maximum absolute atomic E-state index is 12.5. The first-order chi connectivity index (χ1) is 12.0. The van der Waals surface area contributed by atoms with Gasteiger partial charge in [-0.15, -0.1) is 0 Å². The maximum Gasteiger partial charge on any atom is 0.337 e. The molecule has 0 saturated carbocycles. The van der Waals surface area contributed by atoms with E-state index < -0.39 is 12.0 Å². The predicted octanol–water partition coefficient (Wildman–Crippen LogP) is 4.22. The molecule has 25 heavy (non-hydrogen) atoms. The number of anilines is 1. The molecule has 1 N–H and O–H groups in total. The van der Waals surface area contributed by atoms with Gasteiger partial charge in [-0.25, -0.2) is 4.79 Å². The van der Waals surface area contributed by atoms with Gasteiger partial charge in [0.1, 0.15) is 0 Å². The lowest BCUT2D eigenvalue weighted by Crippen LogP contribution is -2.48. The number of nitrogens with one attached hydrogen (secondary N) is 1. The van der Waals surface area contributed by atoms with Crippen molar-refractivity contribution in [3.8, 4) is 0 Å². The van der Waals surface area contributed by atoms with Gasteiger partial charge in [0.2, 0.25) is 0 Å². The van der Waals surface area contributed by atoms with Crippen LogP contribution in [0.1, 0.15) is 18.5 Å². The van der Waals surface area contributed by atoms with Gasteiger partial charge in [-0.3, -0.25) is 4.90 Å². The standard InChI is InChI=1S/C19H17ClN2O2S/c1-12-16(18(23)24-2)17(13-8-10-14(20)11-9-13)21-19(25)22(12)15-6-4-3-5-7-15/h3-11,17H,1-2H3,(H,21,25)/t17-/m0/s1. The van der Waals surface area contributed by atoms with Crippen molar-refractivity contribution in [3.05, 3.63) is 76.5 Å². The predicted molar refractivity (Wildman–Crippen MR) is 104 cm³/mol. The van der Waals surface area contributed by atoms with Crippen LogP contribution in [-0.2, 0) is 9.53 Å². The summed E-state index contributed by atoms with van der Waals surface area (Å²) in [4.78, 5) is 14.3. The highest BCUT2D eigenvalue weighted by molar-refractivity contribution is 7.80. The third kappa shape index (κ3) is 3.38. The molecule has 128 valence electrons. The number of para-hydroxylation sites is 1. The van der Waals surface area contributed by atoms with E-state index in [-0.39, 0.29) is 0 Å². The lowest BCUT2D eigenvalue weighted by molar-refractivity contribution is -0.136. The summed E-state index contributed by atoms with van der Waals surface area (Å²) in [7, 11) is 1.38. The molecule has 1 aliphatic heterocycles. The Morgan fingerprint density at radius 3 is 2.40 bits per heavy atom. The Labute approximate surface area is 157 Å². The highest BCUT2D eigenvalue weighted by Crippen LogP contribution is 2.34. The molecule has 6 heteroatoms. The molecule has 1 aliphatic rings. The van der Waals surface area contributed by atoms with E-state index in [0.717, 1.165) is 16.9 Å². The third-order valence-electron chi connectivity index (χ3n) is 4.11. The number of rotatable bonds is 3. The van der Waals surface area contributed by atoms with Crippen LogP contribution >= 0.6 is 23.8 Å². The number of benzene rings is 2. The zero-order valence-electron chi connectivity index (χ0n) is 13.8. The van der Waals surface area contributed by atoms with Crippen LogP contribution in [0.4, 0.5) is 5.69 Å². The van der Waals surface area contributed by atoms with Gasteiger partial charge in [-0.1, -0.05) is 41.9 Å². The van der Waals surface area contributed by atoms with Crippen molar-refractivity contribution in [1.82, 2.24) is 5.32 Å². The number of ether oxygens (including phenoxy) is 1. The summed E-state index contributed by atoms with van der Waals surface area (Å²) in [5, 5.41) is 4.41. The monoisotopic (exact) mass is 372 g/mol. The van der Waals surface area contributed by atoms with E-state index in [9.17, 15) is 4.79 Å². The number of thiocarbonyl (C=S) groups is 1. The summed E-state index contributed by atoms with van der Waals surface area (Å²) in [6.45, 7) is 1.87. The molecular formula is C19H17ClN2O2S. The van der Waals surface area contributed by atoms with Crippen molar-refractivity contribution in [1.29, 1.82) is 0 Å². The summed E-state index contributed by atoms with van der Waals surface area (Å²) < 4.78 is 5.02. The number of esters is 1. The molecule has 0 spiro atoms. The Bertz CT molecular complexity index is 834. The number of halogens is 1. The van der Waals surface area contributed by atoms with Crippen LogP contribution in [0, 0.1) is 0 Å². The molecule has 0 aromatic heterocycles. The Hall–Kier alpha value is -2.37. The molecule has 4 nitrogen and oxygen atoms in total. The fourth-order valence-electron chi connectivity index (χ4n) is 2.91.